The maximum atomic E-state index is 13.3. The molecule has 1 aromatic rings. The minimum Gasteiger partial charge on any atom is -0.402 e. The number of allylic oxidation sites excluding steroid dienone is 2. The predicted molar refractivity (Wildman–Crippen MR) is 59.9 cm³/mol. The quantitative estimate of drug-likeness (QED) is 0.789. The lowest BCUT2D eigenvalue weighted by molar-refractivity contribution is 0.616. The molecule has 1 aromatic carbocycles. The summed E-state index contributed by atoms with van der Waals surface area (Å²) >= 11 is 0. The van der Waals surface area contributed by atoms with Crippen LogP contribution in [0.25, 0.3) is 0 Å². The van der Waals surface area contributed by atoms with Crippen LogP contribution in [0.15, 0.2) is 29.5 Å². The Bertz CT molecular complexity index is 407. The molecule has 0 unspecified atom stereocenters. The summed E-state index contributed by atoms with van der Waals surface area (Å²) in [6, 6.07) is 5.26. The zero-order valence-corrected chi connectivity index (χ0v) is 9.02. The topological polar surface area (TPSA) is 26.0 Å². The summed E-state index contributed by atoms with van der Waals surface area (Å²) in [7, 11) is 0. The number of hydrogen-bond donors (Lipinski definition) is 1. The molecule has 0 fully saturated rings. The van der Waals surface area contributed by atoms with Gasteiger partial charge in [0.15, 0.2) is 0 Å². The largest absolute Gasteiger partial charge is 0.402 e. The van der Waals surface area contributed by atoms with E-state index in [0.717, 1.165) is 42.5 Å². The van der Waals surface area contributed by atoms with E-state index in [4.69, 9.17) is 5.73 Å². The van der Waals surface area contributed by atoms with Gasteiger partial charge in [-0.1, -0.05) is 12.1 Å². The van der Waals surface area contributed by atoms with Crippen molar-refractivity contribution in [2.24, 2.45) is 5.73 Å². The number of halogens is 1. The van der Waals surface area contributed by atoms with E-state index in [9.17, 15) is 4.39 Å². The van der Waals surface area contributed by atoms with Crippen LogP contribution < -0.4 is 5.73 Å². The van der Waals surface area contributed by atoms with Crippen LogP contribution >= 0.6 is 0 Å². The van der Waals surface area contributed by atoms with Gasteiger partial charge in [-0.25, -0.2) is 4.39 Å². The van der Waals surface area contributed by atoms with Gasteiger partial charge in [-0.15, -0.1) is 0 Å². The van der Waals surface area contributed by atoms with Gasteiger partial charge in [0.05, 0.1) is 0 Å². The summed E-state index contributed by atoms with van der Waals surface area (Å²) < 4.78 is 13.3. The molecule has 2 heteroatoms. The highest BCUT2D eigenvalue weighted by atomic mass is 19.1. The van der Waals surface area contributed by atoms with Crippen LogP contribution in [-0.2, 0) is 6.42 Å². The monoisotopic (exact) mass is 205 g/mol. The van der Waals surface area contributed by atoms with Crippen LogP contribution in [-0.4, -0.2) is 0 Å². The van der Waals surface area contributed by atoms with Crippen molar-refractivity contribution in [1.29, 1.82) is 0 Å². The summed E-state index contributed by atoms with van der Waals surface area (Å²) in [5.74, 6) is -0.121. The van der Waals surface area contributed by atoms with Crippen molar-refractivity contribution < 1.29 is 4.39 Å². The first kappa shape index (κ1) is 10.2. The average molecular weight is 205 g/mol. The normalized spacial score (nSPS) is 16.1. The second-order valence-corrected chi connectivity index (χ2v) is 4.18. The van der Waals surface area contributed by atoms with Crippen LogP contribution in [0.5, 0.6) is 0 Å². The molecule has 0 heterocycles. The summed E-state index contributed by atoms with van der Waals surface area (Å²) in [6.45, 7) is 1.83. The van der Waals surface area contributed by atoms with Crippen LogP contribution in [0.2, 0.25) is 0 Å². The summed E-state index contributed by atoms with van der Waals surface area (Å²) in [4.78, 5) is 0. The van der Waals surface area contributed by atoms with E-state index in [2.05, 4.69) is 0 Å². The average Bonchev–Trinajstić information content (AvgIpc) is 2.60. The van der Waals surface area contributed by atoms with E-state index in [1.54, 1.807) is 6.07 Å². The molecule has 0 spiro atoms. The minimum absolute atomic E-state index is 0.121. The molecule has 15 heavy (non-hydrogen) atoms. The first-order valence-corrected chi connectivity index (χ1v) is 5.39. The number of benzene rings is 1. The molecule has 0 atom stereocenters. The van der Waals surface area contributed by atoms with Crippen molar-refractivity contribution in [3.63, 3.8) is 0 Å². The highest BCUT2D eigenvalue weighted by Crippen LogP contribution is 2.26. The lowest BCUT2D eigenvalue weighted by atomic mass is 9.99. The summed E-state index contributed by atoms with van der Waals surface area (Å²) in [5.41, 5.74) is 10.0. The Balaban J connectivity index is 2.25. The van der Waals surface area contributed by atoms with Gasteiger partial charge in [-0.05, 0) is 55.4 Å². The van der Waals surface area contributed by atoms with E-state index >= 15 is 0 Å². The lowest BCUT2D eigenvalue weighted by Crippen LogP contribution is -2.00. The smallest absolute Gasteiger partial charge is 0.126 e. The number of rotatable bonds is 2. The highest BCUT2D eigenvalue weighted by Gasteiger charge is 2.13. The molecule has 0 bridgehead atoms. The molecular formula is C13H16FN. The molecule has 1 nitrogen and oxygen atoms in total. The molecule has 0 aromatic heterocycles. The van der Waals surface area contributed by atoms with Gasteiger partial charge in [0.2, 0.25) is 0 Å². The summed E-state index contributed by atoms with van der Waals surface area (Å²) in [5, 5.41) is 0. The first-order chi connectivity index (χ1) is 7.18. The molecule has 80 valence electrons. The third-order valence-corrected chi connectivity index (χ3v) is 3.16. The van der Waals surface area contributed by atoms with E-state index in [1.165, 1.54) is 11.6 Å². The Hall–Kier alpha value is -1.31. The van der Waals surface area contributed by atoms with E-state index < -0.39 is 0 Å². The summed E-state index contributed by atoms with van der Waals surface area (Å²) in [6.07, 6.45) is 4.04. The molecule has 0 radical (unpaired) electrons. The molecule has 2 rings (SSSR count). The second kappa shape index (κ2) is 4.05. The minimum atomic E-state index is -0.121. The zero-order chi connectivity index (χ0) is 10.8. The maximum absolute atomic E-state index is 13.3. The maximum Gasteiger partial charge on any atom is 0.126 e. The van der Waals surface area contributed by atoms with Crippen molar-refractivity contribution in [2.75, 3.05) is 0 Å². The molecular weight excluding hydrogens is 189 g/mol. The predicted octanol–water partition coefficient (Wildman–Crippen LogP) is 3.07. The Labute approximate surface area is 89.8 Å². The molecule has 0 saturated carbocycles. The van der Waals surface area contributed by atoms with E-state index in [-0.39, 0.29) is 5.82 Å². The Morgan fingerprint density at radius 1 is 1.33 bits per heavy atom. The van der Waals surface area contributed by atoms with Gasteiger partial charge in [-0.2, -0.15) is 0 Å². The molecule has 0 aliphatic heterocycles. The highest BCUT2D eigenvalue weighted by molar-refractivity contribution is 5.33. The van der Waals surface area contributed by atoms with E-state index in [1.807, 2.05) is 13.0 Å². The Kier molecular flexibility index (Phi) is 2.76. The molecule has 1 aliphatic rings. The van der Waals surface area contributed by atoms with Crippen molar-refractivity contribution in [3.05, 3.63) is 46.4 Å². The molecule has 2 N–H and O–H groups in total. The molecule has 0 saturated heterocycles. The third-order valence-electron chi connectivity index (χ3n) is 3.16. The van der Waals surface area contributed by atoms with Gasteiger partial charge >= 0.3 is 0 Å². The van der Waals surface area contributed by atoms with Crippen molar-refractivity contribution in [2.45, 2.75) is 32.6 Å². The van der Waals surface area contributed by atoms with Crippen LogP contribution in [0.3, 0.4) is 0 Å². The van der Waals surface area contributed by atoms with Gasteiger partial charge in [0, 0.05) is 5.70 Å². The zero-order valence-electron chi connectivity index (χ0n) is 9.02. The SMILES string of the molecule is Cc1c(F)cccc1CC1=C(N)CCC1. The van der Waals surface area contributed by atoms with Crippen molar-refractivity contribution in [1.82, 2.24) is 0 Å². The van der Waals surface area contributed by atoms with Crippen LogP contribution in [0.1, 0.15) is 30.4 Å². The second-order valence-electron chi connectivity index (χ2n) is 4.18. The Morgan fingerprint density at radius 2 is 2.13 bits per heavy atom. The van der Waals surface area contributed by atoms with E-state index in [0.29, 0.717) is 0 Å². The molecule has 0 amide bonds. The van der Waals surface area contributed by atoms with Crippen LogP contribution in [0, 0.1) is 12.7 Å². The lowest BCUT2D eigenvalue weighted by Gasteiger charge is -2.08. The molecule has 1 aliphatic carbocycles. The van der Waals surface area contributed by atoms with Crippen molar-refractivity contribution in [3.8, 4) is 0 Å². The van der Waals surface area contributed by atoms with Crippen molar-refractivity contribution >= 4 is 0 Å². The van der Waals surface area contributed by atoms with Gasteiger partial charge < -0.3 is 5.73 Å². The van der Waals surface area contributed by atoms with Gasteiger partial charge in [-0.3, -0.25) is 0 Å². The van der Waals surface area contributed by atoms with Gasteiger partial charge in [0.25, 0.3) is 0 Å². The number of hydrogen-bond acceptors (Lipinski definition) is 1. The first-order valence-electron chi connectivity index (χ1n) is 5.39. The third kappa shape index (κ3) is 2.04. The van der Waals surface area contributed by atoms with Gasteiger partial charge in [0.1, 0.15) is 5.82 Å². The fraction of sp³-hybridized carbons (Fsp3) is 0.385. The Morgan fingerprint density at radius 3 is 2.80 bits per heavy atom. The van der Waals surface area contributed by atoms with Crippen LogP contribution in [0.4, 0.5) is 4.39 Å². The standard InChI is InChI=1S/C13H16FN/c1-9-10(4-2-6-12(9)14)8-11-5-3-7-13(11)15/h2,4,6H,3,5,7-8,15H2,1H3. The fourth-order valence-corrected chi connectivity index (χ4v) is 2.11. The number of nitrogens with two attached hydrogens (primary N) is 1. The fourth-order valence-electron chi connectivity index (χ4n) is 2.11.